The van der Waals surface area contributed by atoms with E-state index in [9.17, 15) is 0 Å². The monoisotopic (exact) mass is 241 g/mol. The number of nitrogens with zero attached hydrogens (tertiary/aromatic N) is 2. The van der Waals surface area contributed by atoms with E-state index in [4.69, 9.17) is 16.3 Å². The molecule has 1 atom stereocenters. The Labute approximate surface area is 101 Å². The first-order chi connectivity index (χ1) is 7.72. The summed E-state index contributed by atoms with van der Waals surface area (Å²) in [6, 6.07) is 4.20. The Bertz CT molecular complexity index is 372. The summed E-state index contributed by atoms with van der Waals surface area (Å²) in [6.45, 7) is 5.10. The molecule has 1 saturated heterocycles. The molecule has 1 unspecified atom stereocenters. The highest BCUT2D eigenvalue weighted by Gasteiger charge is 2.21. The predicted molar refractivity (Wildman–Crippen MR) is 65.5 cm³/mol. The van der Waals surface area contributed by atoms with Crippen molar-refractivity contribution in [3.05, 3.63) is 17.3 Å². The molecule has 0 saturated carbocycles. The maximum atomic E-state index is 5.85. The van der Waals surface area contributed by atoms with E-state index >= 15 is 0 Å². The van der Waals surface area contributed by atoms with Crippen molar-refractivity contribution in [2.75, 3.05) is 31.6 Å². The van der Waals surface area contributed by atoms with Gasteiger partial charge in [-0.15, -0.1) is 0 Å². The third-order valence-corrected chi connectivity index (χ3v) is 3.02. The maximum Gasteiger partial charge on any atom is 0.238 e. The summed E-state index contributed by atoms with van der Waals surface area (Å²) in [5.74, 6) is 0.598. The van der Waals surface area contributed by atoms with Gasteiger partial charge in [0.15, 0.2) is 0 Å². The number of halogens is 1. The van der Waals surface area contributed by atoms with Crippen LogP contribution in [0.15, 0.2) is 12.1 Å². The van der Waals surface area contributed by atoms with Crippen molar-refractivity contribution < 1.29 is 4.74 Å². The van der Waals surface area contributed by atoms with Crippen LogP contribution in [0.25, 0.3) is 0 Å². The van der Waals surface area contributed by atoms with Crippen molar-refractivity contribution in [1.82, 2.24) is 10.3 Å². The van der Waals surface area contributed by atoms with E-state index in [1.54, 1.807) is 13.2 Å². The smallest absolute Gasteiger partial charge is 0.238 e. The van der Waals surface area contributed by atoms with Crippen LogP contribution >= 0.6 is 11.6 Å². The average molecular weight is 242 g/mol. The van der Waals surface area contributed by atoms with E-state index in [0.29, 0.717) is 17.1 Å². The van der Waals surface area contributed by atoms with Gasteiger partial charge in [-0.2, -0.15) is 4.98 Å². The van der Waals surface area contributed by atoms with E-state index in [1.807, 2.05) is 6.07 Å². The Morgan fingerprint density at radius 2 is 2.38 bits per heavy atom. The maximum absolute atomic E-state index is 5.85. The summed E-state index contributed by atoms with van der Waals surface area (Å²) in [6.07, 6.45) is 0. The van der Waals surface area contributed by atoms with E-state index in [-0.39, 0.29) is 0 Å². The molecule has 0 radical (unpaired) electrons. The van der Waals surface area contributed by atoms with Gasteiger partial charge in [0.2, 0.25) is 5.88 Å². The molecule has 5 heteroatoms. The fraction of sp³-hybridized carbons (Fsp3) is 0.545. The lowest BCUT2D eigenvalue weighted by Gasteiger charge is -2.36. The molecule has 0 aliphatic carbocycles. The summed E-state index contributed by atoms with van der Waals surface area (Å²) in [5, 5.41) is 3.82. The highest BCUT2D eigenvalue weighted by Crippen LogP contribution is 2.29. The Balaban J connectivity index is 2.30. The third-order valence-electron chi connectivity index (χ3n) is 2.81. The first-order valence-corrected chi connectivity index (χ1v) is 5.78. The van der Waals surface area contributed by atoms with Crippen molar-refractivity contribution in [1.29, 1.82) is 0 Å². The van der Waals surface area contributed by atoms with Crippen LogP contribution in [0.3, 0.4) is 0 Å². The van der Waals surface area contributed by atoms with Crippen LogP contribution in [-0.2, 0) is 0 Å². The second kappa shape index (κ2) is 4.89. The standard InChI is InChI=1S/C11H16ClN3O/c1-8-7-13-5-6-15(8)9-3-4-10(12)14-11(9)16-2/h3-4,8,13H,5-7H2,1-2H3. The van der Waals surface area contributed by atoms with E-state index < -0.39 is 0 Å². The number of anilines is 1. The van der Waals surface area contributed by atoms with E-state index in [1.165, 1.54) is 0 Å². The number of methoxy groups -OCH3 is 1. The van der Waals surface area contributed by atoms with Gasteiger partial charge in [0, 0.05) is 25.7 Å². The fourth-order valence-corrected chi connectivity index (χ4v) is 2.12. The van der Waals surface area contributed by atoms with Gasteiger partial charge in [0.25, 0.3) is 0 Å². The number of hydrogen-bond acceptors (Lipinski definition) is 4. The number of pyridine rings is 1. The number of rotatable bonds is 2. The van der Waals surface area contributed by atoms with Gasteiger partial charge >= 0.3 is 0 Å². The molecular formula is C11H16ClN3O. The molecular weight excluding hydrogens is 226 g/mol. The van der Waals surface area contributed by atoms with Gasteiger partial charge in [0.1, 0.15) is 10.8 Å². The minimum Gasteiger partial charge on any atom is -0.479 e. The third kappa shape index (κ3) is 2.23. The number of piperazine rings is 1. The number of ether oxygens (including phenoxy) is 1. The van der Waals surface area contributed by atoms with Gasteiger partial charge < -0.3 is 15.0 Å². The second-order valence-electron chi connectivity index (χ2n) is 3.91. The molecule has 16 heavy (non-hydrogen) atoms. The van der Waals surface area contributed by atoms with Gasteiger partial charge in [-0.05, 0) is 19.1 Å². The highest BCUT2D eigenvalue weighted by atomic mass is 35.5. The first-order valence-electron chi connectivity index (χ1n) is 5.40. The van der Waals surface area contributed by atoms with E-state index in [0.717, 1.165) is 25.3 Å². The van der Waals surface area contributed by atoms with E-state index in [2.05, 4.69) is 22.1 Å². The summed E-state index contributed by atoms with van der Waals surface area (Å²) in [5.41, 5.74) is 1.01. The summed E-state index contributed by atoms with van der Waals surface area (Å²) < 4.78 is 5.27. The molecule has 1 aromatic heterocycles. The summed E-state index contributed by atoms with van der Waals surface area (Å²) >= 11 is 5.85. The van der Waals surface area contributed by atoms with Crippen LogP contribution in [0.1, 0.15) is 6.92 Å². The van der Waals surface area contributed by atoms with Gasteiger partial charge in [-0.25, -0.2) is 0 Å². The molecule has 2 heterocycles. The molecule has 4 nitrogen and oxygen atoms in total. The normalized spacial score (nSPS) is 20.9. The molecule has 1 fully saturated rings. The molecule has 0 aromatic carbocycles. The molecule has 88 valence electrons. The van der Waals surface area contributed by atoms with Crippen LogP contribution in [0.2, 0.25) is 5.15 Å². The van der Waals surface area contributed by atoms with Crippen LogP contribution in [0.5, 0.6) is 5.88 Å². The lowest BCUT2D eigenvalue weighted by molar-refractivity contribution is 0.393. The summed E-state index contributed by atoms with van der Waals surface area (Å²) in [4.78, 5) is 6.47. The molecule has 0 amide bonds. The quantitative estimate of drug-likeness (QED) is 0.798. The largest absolute Gasteiger partial charge is 0.479 e. The van der Waals surface area contributed by atoms with Crippen molar-refractivity contribution >= 4 is 17.3 Å². The molecule has 1 N–H and O–H groups in total. The molecule has 1 aromatic rings. The van der Waals surface area contributed by atoms with Crippen LogP contribution in [0, 0.1) is 0 Å². The molecule has 0 spiro atoms. The lowest BCUT2D eigenvalue weighted by atomic mass is 10.2. The number of aromatic nitrogens is 1. The summed E-state index contributed by atoms with van der Waals surface area (Å²) in [7, 11) is 1.62. The van der Waals surface area contributed by atoms with Gasteiger partial charge in [-0.3, -0.25) is 0 Å². The number of hydrogen-bond donors (Lipinski definition) is 1. The van der Waals surface area contributed by atoms with Crippen molar-refractivity contribution in [3.63, 3.8) is 0 Å². The predicted octanol–water partition coefficient (Wildman–Crippen LogP) is 1.54. The van der Waals surface area contributed by atoms with Crippen molar-refractivity contribution in [2.45, 2.75) is 13.0 Å². The highest BCUT2D eigenvalue weighted by molar-refractivity contribution is 6.29. The minimum absolute atomic E-state index is 0.436. The Hall–Kier alpha value is -1.00. The zero-order chi connectivity index (χ0) is 11.5. The lowest BCUT2D eigenvalue weighted by Crippen LogP contribution is -2.50. The molecule has 1 aliphatic rings. The average Bonchev–Trinajstić information content (AvgIpc) is 2.30. The molecule has 2 rings (SSSR count). The van der Waals surface area contributed by atoms with Crippen molar-refractivity contribution in [3.8, 4) is 5.88 Å². The zero-order valence-corrected chi connectivity index (χ0v) is 10.3. The first kappa shape index (κ1) is 11.5. The Morgan fingerprint density at radius 3 is 3.06 bits per heavy atom. The van der Waals surface area contributed by atoms with Gasteiger partial charge in [0.05, 0.1) is 7.11 Å². The van der Waals surface area contributed by atoms with Crippen LogP contribution in [0.4, 0.5) is 5.69 Å². The van der Waals surface area contributed by atoms with Gasteiger partial charge in [-0.1, -0.05) is 11.6 Å². The number of nitrogens with one attached hydrogen (secondary N) is 1. The molecule has 1 aliphatic heterocycles. The fourth-order valence-electron chi connectivity index (χ4n) is 1.98. The minimum atomic E-state index is 0.436. The van der Waals surface area contributed by atoms with Crippen LogP contribution in [-0.4, -0.2) is 37.8 Å². The van der Waals surface area contributed by atoms with Crippen molar-refractivity contribution in [2.24, 2.45) is 0 Å². The Morgan fingerprint density at radius 1 is 1.56 bits per heavy atom. The second-order valence-corrected chi connectivity index (χ2v) is 4.30. The Kier molecular flexibility index (Phi) is 3.51. The zero-order valence-electron chi connectivity index (χ0n) is 9.53. The SMILES string of the molecule is COc1nc(Cl)ccc1N1CCNCC1C. The van der Waals surface area contributed by atoms with Crippen LogP contribution < -0.4 is 15.0 Å². The topological polar surface area (TPSA) is 37.4 Å². The molecule has 0 bridgehead atoms.